The lowest BCUT2D eigenvalue weighted by Crippen LogP contribution is -2.23. The summed E-state index contributed by atoms with van der Waals surface area (Å²) in [5, 5.41) is 2.83. The molecule has 0 atom stereocenters. The van der Waals surface area contributed by atoms with E-state index >= 15 is 0 Å². The quantitative estimate of drug-likeness (QED) is 0.850. The first-order chi connectivity index (χ1) is 7.76. The number of methoxy groups -OCH3 is 2. The van der Waals surface area contributed by atoms with Crippen molar-refractivity contribution in [3.63, 3.8) is 0 Å². The molecule has 0 fully saturated rings. The zero-order valence-electron chi connectivity index (χ0n) is 9.20. The van der Waals surface area contributed by atoms with E-state index in [1.807, 2.05) is 6.07 Å². The number of amides is 1. The van der Waals surface area contributed by atoms with Gasteiger partial charge in [-0.05, 0) is 12.1 Å². The Morgan fingerprint density at radius 1 is 1.25 bits per heavy atom. The van der Waals surface area contributed by atoms with Gasteiger partial charge in [0.05, 0.1) is 19.8 Å². The molecule has 0 unspecified atom stereocenters. The Bertz CT molecular complexity index is 420. The highest BCUT2D eigenvalue weighted by molar-refractivity contribution is 7.99. The lowest BCUT2D eigenvalue weighted by molar-refractivity contribution is 0.0954. The van der Waals surface area contributed by atoms with Gasteiger partial charge in [-0.1, -0.05) is 0 Å². The van der Waals surface area contributed by atoms with Crippen molar-refractivity contribution < 1.29 is 14.3 Å². The van der Waals surface area contributed by atoms with Gasteiger partial charge in [-0.15, -0.1) is 11.8 Å². The number of benzene rings is 1. The van der Waals surface area contributed by atoms with Crippen LogP contribution >= 0.6 is 11.8 Å². The number of carbonyl (C=O) groups is 1. The minimum atomic E-state index is -0.0547. The summed E-state index contributed by atoms with van der Waals surface area (Å²) >= 11 is 1.64. The minimum Gasteiger partial charge on any atom is -0.493 e. The van der Waals surface area contributed by atoms with Gasteiger partial charge >= 0.3 is 0 Å². The summed E-state index contributed by atoms with van der Waals surface area (Å²) in [5.74, 6) is 2.05. The zero-order valence-corrected chi connectivity index (χ0v) is 10.0. The normalized spacial score (nSPS) is 14.8. The molecule has 0 radical (unpaired) electrons. The van der Waals surface area contributed by atoms with E-state index in [2.05, 4.69) is 5.32 Å². The van der Waals surface area contributed by atoms with E-state index in [9.17, 15) is 4.79 Å². The fourth-order valence-corrected chi connectivity index (χ4v) is 2.50. The summed E-state index contributed by atoms with van der Waals surface area (Å²) in [6.45, 7) is 0.683. The Morgan fingerprint density at radius 3 is 2.62 bits per heavy atom. The van der Waals surface area contributed by atoms with Crippen LogP contribution in [0.5, 0.6) is 11.5 Å². The Balaban J connectivity index is 2.51. The molecule has 0 aliphatic carbocycles. The lowest BCUT2D eigenvalue weighted by atomic mass is 10.2. The van der Waals surface area contributed by atoms with Crippen LogP contribution in [-0.4, -0.2) is 32.4 Å². The van der Waals surface area contributed by atoms with Crippen LogP contribution in [0.25, 0.3) is 0 Å². The molecule has 1 aromatic carbocycles. The molecule has 4 nitrogen and oxygen atoms in total. The molecule has 2 rings (SSSR count). The number of thioether (sulfide) groups is 1. The molecule has 1 N–H and O–H groups in total. The highest BCUT2D eigenvalue weighted by Crippen LogP contribution is 2.35. The molecule has 0 bridgehead atoms. The van der Waals surface area contributed by atoms with Crippen LogP contribution in [0.4, 0.5) is 0 Å². The van der Waals surface area contributed by atoms with Crippen LogP contribution < -0.4 is 14.8 Å². The topological polar surface area (TPSA) is 47.6 Å². The van der Waals surface area contributed by atoms with Crippen molar-refractivity contribution in [2.45, 2.75) is 4.90 Å². The average Bonchev–Trinajstić information content (AvgIpc) is 2.49. The predicted octanol–water partition coefficient (Wildman–Crippen LogP) is 1.54. The van der Waals surface area contributed by atoms with Gasteiger partial charge in [-0.3, -0.25) is 4.79 Å². The molecule has 0 saturated heterocycles. The fraction of sp³-hybridized carbons (Fsp3) is 0.364. The maximum absolute atomic E-state index is 11.8. The second-order valence-corrected chi connectivity index (χ2v) is 4.44. The Morgan fingerprint density at radius 2 is 1.94 bits per heavy atom. The summed E-state index contributed by atoms with van der Waals surface area (Å²) in [6, 6.07) is 3.57. The standard InChI is InChI=1S/C11H13NO3S/c1-14-8-5-7-10(6-9(8)15-2)16-4-3-12-11(7)13/h5-6H,3-4H2,1-2H3,(H,12,13). The molecule has 1 aliphatic rings. The van der Waals surface area contributed by atoms with E-state index in [4.69, 9.17) is 9.47 Å². The van der Waals surface area contributed by atoms with Gasteiger partial charge < -0.3 is 14.8 Å². The molecule has 0 saturated carbocycles. The molecule has 1 aromatic rings. The first-order valence-corrected chi connectivity index (χ1v) is 5.92. The Hall–Kier alpha value is -1.36. The predicted molar refractivity (Wildman–Crippen MR) is 62.6 cm³/mol. The molecular weight excluding hydrogens is 226 g/mol. The number of fused-ring (bicyclic) bond motifs is 1. The van der Waals surface area contributed by atoms with Gasteiger partial charge in [0.15, 0.2) is 11.5 Å². The van der Waals surface area contributed by atoms with Crippen LogP contribution in [-0.2, 0) is 0 Å². The summed E-state index contributed by atoms with van der Waals surface area (Å²) in [4.78, 5) is 12.7. The monoisotopic (exact) mass is 239 g/mol. The van der Waals surface area contributed by atoms with E-state index in [1.165, 1.54) is 0 Å². The second-order valence-electron chi connectivity index (χ2n) is 3.31. The van der Waals surface area contributed by atoms with Gasteiger partial charge in [0.2, 0.25) is 0 Å². The molecule has 0 aromatic heterocycles. The van der Waals surface area contributed by atoms with Crippen LogP contribution in [0.15, 0.2) is 17.0 Å². The highest BCUT2D eigenvalue weighted by Gasteiger charge is 2.19. The molecule has 1 aliphatic heterocycles. The van der Waals surface area contributed by atoms with Crippen molar-refractivity contribution in [1.82, 2.24) is 5.32 Å². The molecular formula is C11H13NO3S. The largest absolute Gasteiger partial charge is 0.493 e. The number of hydrogen-bond donors (Lipinski definition) is 1. The van der Waals surface area contributed by atoms with E-state index in [-0.39, 0.29) is 5.91 Å². The Labute approximate surface area is 98.3 Å². The van der Waals surface area contributed by atoms with Crippen molar-refractivity contribution in [1.29, 1.82) is 0 Å². The maximum Gasteiger partial charge on any atom is 0.252 e. The number of ether oxygens (including phenoxy) is 2. The molecule has 16 heavy (non-hydrogen) atoms. The number of hydrogen-bond acceptors (Lipinski definition) is 4. The van der Waals surface area contributed by atoms with Crippen molar-refractivity contribution in [2.24, 2.45) is 0 Å². The number of rotatable bonds is 2. The van der Waals surface area contributed by atoms with Crippen LogP contribution in [0.3, 0.4) is 0 Å². The molecule has 5 heteroatoms. The maximum atomic E-state index is 11.8. The lowest BCUT2D eigenvalue weighted by Gasteiger charge is -2.11. The number of nitrogens with one attached hydrogen (secondary N) is 1. The summed E-state index contributed by atoms with van der Waals surface area (Å²) in [6.07, 6.45) is 0. The van der Waals surface area contributed by atoms with E-state index in [0.717, 1.165) is 10.6 Å². The van der Waals surface area contributed by atoms with Gasteiger partial charge in [0.25, 0.3) is 5.91 Å². The summed E-state index contributed by atoms with van der Waals surface area (Å²) in [7, 11) is 3.15. The molecule has 1 heterocycles. The third kappa shape index (κ3) is 1.95. The van der Waals surface area contributed by atoms with Crippen LogP contribution in [0.2, 0.25) is 0 Å². The summed E-state index contributed by atoms with van der Waals surface area (Å²) < 4.78 is 10.4. The minimum absolute atomic E-state index is 0.0547. The van der Waals surface area contributed by atoms with E-state index in [1.54, 1.807) is 32.0 Å². The second kappa shape index (κ2) is 4.65. The molecule has 1 amide bonds. The van der Waals surface area contributed by atoms with E-state index < -0.39 is 0 Å². The third-order valence-corrected chi connectivity index (χ3v) is 3.43. The third-order valence-electron chi connectivity index (χ3n) is 2.38. The molecule has 86 valence electrons. The van der Waals surface area contributed by atoms with E-state index in [0.29, 0.717) is 23.6 Å². The fourth-order valence-electron chi connectivity index (χ4n) is 1.58. The first kappa shape index (κ1) is 11.1. The molecule has 0 spiro atoms. The highest BCUT2D eigenvalue weighted by atomic mass is 32.2. The van der Waals surface area contributed by atoms with Crippen molar-refractivity contribution in [2.75, 3.05) is 26.5 Å². The van der Waals surface area contributed by atoms with Crippen molar-refractivity contribution in [3.8, 4) is 11.5 Å². The SMILES string of the molecule is COc1cc2c(cc1OC)C(=O)NCCS2. The summed E-state index contributed by atoms with van der Waals surface area (Å²) in [5.41, 5.74) is 0.653. The number of carbonyl (C=O) groups excluding carboxylic acids is 1. The smallest absolute Gasteiger partial charge is 0.252 e. The van der Waals surface area contributed by atoms with Gasteiger partial charge in [0.1, 0.15) is 0 Å². The van der Waals surface area contributed by atoms with Gasteiger partial charge in [-0.25, -0.2) is 0 Å². The Kier molecular flexibility index (Phi) is 3.24. The van der Waals surface area contributed by atoms with Crippen molar-refractivity contribution in [3.05, 3.63) is 17.7 Å². The van der Waals surface area contributed by atoms with Gasteiger partial charge in [-0.2, -0.15) is 0 Å². The van der Waals surface area contributed by atoms with Crippen LogP contribution in [0, 0.1) is 0 Å². The first-order valence-electron chi connectivity index (χ1n) is 4.93. The van der Waals surface area contributed by atoms with Gasteiger partial charge in [0, 0.05) is 17.2 Å². The zero-order chi connectivity index (χ0) is 11.5. The van der Waals surface area contributed by atoms with Crippen LogP contribution in [0.1, 0.15) is 10.4 Å². The van der Waals surface area contributed by atoms with Crippen molar-refractivity contribution >= 4 is 17.7 Å². The average molecular weight is 239 g/mol.